The lowest BCUT2D eigenvalue weighted by atomic mass is 9.97. The van der Waals surface area contributed by atoms with Crippen molar-refractivity contribution in [1.82, 2.24) is 10.2 Å². The number of fused-ring (bicyclic) bond motifs is 1. The van der Waals surface area contributed by atoms with Crippen molar-refractivity contribution in [1.29, 1.82) is 0 Å². The molecule has 0 aromatic rings. The van der Waals surface area contributed by atoms with Crippen LogP contribution < -0.4 is 5.32 Å². The normalized spacial score (nSPS) is 31.6. The van der Waals surface area contributed by atoms with Gasteiger partial charge in [0.2, 0.25) is 5.91 Å². The average molecular weight is 282 g/mol. The van der Waals surface area contributed by atoms with E-state index in [-0.39, 0.29) is 16.8 Å². The van der Waals surface area contributed by atoms with E-state index in [1.165, 1.54) is 0 Å². The molecule has 2 fully saturated rings. The molecule has 0 spiro atoms. The minimum Gasteiger partial charge on any atom is -0.323 e. The number of nitrogens with zero attached hydrogens (tertiary/aromatic N) is 1. The van der Waals surface area contributed by atoms with Crippen LogP contribution in [0.1, 0.15) is 26.7 Å². The van der Waals surface area contributed by atoms with Crippen molar-refractivity contribution < 1.29 is 18.0 Å². The first-order valence-electron chi connectivity index (χ1n) is 5.96. The molecular weight excluding hydrogens is 265 g/mol. The van der Waals surface area contributed by atoms with Crippen LogP contribution in [0.4, 0.5) is 13.2 Å². The third kappa shape index (κ3) is 2.77. The number of hydrogen-bond donors (Lipinski definition) is 1. The van der Waals surface area contributed by atoms with Crippen LogP contribution in [0.25, 0.3) is 0 Å². The second-order valence-electron chi connectivity index (χ2n) is 5.41. The van der Waals surface area contributed by atoms with E-state index in [0.29, 0.717) is 6.42 Å². The number of alkyl halides is 3. The van der Waals surface area contributed by atoms with Crippen molar-refractivity contribution in [2.24, 2.45) is 0 Å². The van der Waals surface area contributed by atoms with Gasteiger partial charge in [-0.25, -0.2) is 0 Å². The summed E-state index contributed by atoms with van der Waals surface area (Å²) in [4.78, 5) is 14.0. The van der Waals surface area contributed by atoms with Gasteiger partial charge in [-0.2, -0.15) is 13.2 Å². The van der Waals surface area contributed by atoms with Crippen molar-refractivity contribution >= 4 is 17.7 Å². The predicted molar refractivity (Wildman–Crippen MR) is 64.3 cm³/mol. The van der Waals surface area contributed by atoms with Gasteiger partial charge in [-0.05, 0) is 26.7 Å². The van der Waals surface area contributed by atoms with Crippen LogP contribution >= 0.6 is 11.8 Å². The molecule has 0 aromatic carbocycles. The summed E-state index contributed by atoms with van der Waals surface area (Å²) >= 11 is 1.72. The smallest absolute Gasteiger partial charge is 0.323 e. The molecule has 0 bridgehead atoms. The molecule has 7 heteroatoms. The lowest BCUT2D eigenvalue weighted by Gasteiger charge is -2.41. The fourth-order valence-electron chi connectivity index (χ4n) is 2.52. The van der Waals surface area contributed by atoms with E-state index in [9.17, 15) is 18.0 Å². The number of amides is 1. The van der Waals surface area contributed by atoms with E-state index in [2.05, 4.69) is 5.32 Å². The zero-order chi connectivity index (χ0) is 13.6. The minimum atomic E-state index is -4.27. The Bertz CT molecular complexity index is 346. The van der Waals surface area contributed by atoms with Crippen LogP contribution in [0.3, 0.4) is 0 Å². The lowest BCUT2D eigenvalue weighted by Crippen LogP contribution is -2.59. The molecule has 3 nitrogen and oxygen atoms in total. The number of halogens is 3. The summed E-state index contributed by atoms with van der Waals surface area (Å²) in [7, 11) is 0. The van der Waals surface area contributed by atoms with E-state index in [1.54, 1.807) is 16.7 Å². The van der Waals surface area contributed by atoms with Crippen LogP contribution in [-0.2, 0) is 4.79 Å². The summed E-state index contributed by atoms with van der Waals surface area (Å²) in [6, 6.07) is -0.694. The fourth-order valence-corrected chi connectivity index (χ4v) is 4.10. The standard InChI is InChI=1S/C11H17F3N2OS/c1-10(2)6-18-8-4-3-7(9(17)16(8)10)15-5-11(12,13)14/h7-8,15H,3-6H2,1-2H3. The van der Waals surface area contributed by atoms with E-state index in [0.717, 1.165) is 12.2 Å². The Hall–Kier alpha value is -0.430. The Labute approximate surface area is 108 Å². The molecule has 18 heavy (non-hydrogen) atoms. The fraction of sp³-hybridized carbons (Fsp3) is 0.909. The zero-order valence-corrected chi connectivity index (χ0v) is 11.2. The number of carbonyl (C=O) groups is 1. The Balaban J connectivity index is 2.02. The van der Waals surface area contributed by atoms with Gasteiger partial charge in [0.05, 0.1) is 18.0 Å². The molecule has 2 atom stereocenters. The molecule has 2 rings (SSSR count). The first-order chi connectivity index (χ1) is 8.21. The van der Waals surface area contributed by atoms with Crippen molar-refractivity contribution in [3.05, 3.63) is 0 Å². The molecule has 2 aliphatic rings. The van der Waals surface area contributed by atoms with Gasteiger partial charge in [-0.15, -0.1) is 11.8 Å². The lowest BCUT2D eigenvalue weighted by molar-refractivity contribution is -0.145. The summed E-state index contributed by atoms with van der Waals surface area (Å²) < 4.78 is 36.5. The molecule has 2 saturated heterocycles. The molecular formula is C11H17F3N2OS. The third-order valence-electron chi connectivity index (χ3n) is 3.36. The van der Waals surface area contributed by atoms with Crippen molar-refractivity contribution in [2.75, 3.05) is 12.3 Å². The Kier molecular flexibility index (Phi) is 3.57. The van der Waals surface area contributed by atoms with E-state index in [4.69, 9.17) is 0 Å². The molecule has 0 saturated carbocycles. The average Bonchev–Trinajstić information content (AvgIpc) is 2.53. The van der Waals surface area contributed by atoms with Crippen LogP contribution in [0.2, 0.25) is 0 Å². The van der Waals surface area contributed by atoms with Gasteiger partial charge in [-0.1, -0.05) is 0 Å². The molecule has 2 unspecified atom stereocenters. The number of piperidine rings is 1. The van der Waals surface area contributed by atoms with Gasteiger partial charge < -0.3 is 4.90 Å². The first-order valence-corrected chi connectivity index (χ1v) is 7.00. The number of nitrogens with one attached hydrogen (secondary N) is 1. The highest BCUT2D eigenvalue weighted by atomic mass is 32.2. The van der Waals surface area contributed by atoms with Gasteiger partial charge in [0, 0.05) is 11.3 Å². The highest BCUT2D eigenvalue weighted by Gasteiger charge is 2.48. The predicted octanol–water partition coefficient (Wildman–Crippen LogP) is 1.98. The maximum atomic E-state index is 12.2. The van der Waals surface area contributed by atoms with Gasteiger partial charge in [-0.3, -0.25) is 10.1 Å². The van der Waals surface area contributed by atoms with E-state index >= 15 is 0 Å². The SMILES string of the molecule is CC1(C)CSC2CCC(NCC(F)(F)F)C(=O)N21. The summed E-state index contributed by atoms with van der Waals surface area (Å²) in [5.41, 5.74) is -0.259. The second kappa shape index (κ2) is 4.59. The molecule has 104 valence electrons. The minimum absolute atomic E-state index is 0.136. The van der Waals surface area contributed by atoms with Crippen molar-refractivity contribution in [2.45, 2.75) is 49.8 Å². The molecule has 0 aromatic heterocycles. The van der Waals surface area contributed by atoms with Crippen LogP contribution in [-0.4, -0.2) is 46.2 Å². The summed E-state index contributed by atoms with van der Waals surface area (Å²) in [6.45, 7) is 2.82. The molecule has 0 radical (unpaired) electrons. The monoisotopic (exact) mass is 282 g/mol. The number of thioether (sulfide) groups is 1. The number of hydrogen-bond acceptors (Lipinski definition) is 3. The summed E-state index contributed by atoms with van der Waals surface area (Å²) in [5, 5.41) is 2.47. The molecule has 2 heterocycles. The topological polar surface area (TPSA) is 32.3 Å². The largest absolute Gasteiger partial charge is 0.401 e. The zero-order valence-electron chi connectivity index (χ0n) is 10.4. The summed E-state index contributed by atoms with van der Waals surface area (Å²) in [6.07, 6.45) is -3.03. The first kappa shape index (κ1) is 14.0. The van der Waals surface area contributed by atoms with Gasteiger partial charge in [0.25, 0.3) is 0 Å². The van der Waals surface area contributed by atoms with Gasteiger partial charge in [0.15, 0.2) is 0 Å². The highest BCUT2D eigenvalue weighted by Crippen LogP contribution is 2.41. The van der Waals surface area contributed by atoms with Gasteiger partial charge >= 0.3 is 6.18 Å². The maximum Gasteiger partial charge on any atom is 0.401 e. The van der Waals surface area contributed by atoms with Crippen LogP contribution in [0.15, 0.2) is 0 Å². The summed E-state index contributed by atoms with van der Waals surface area (Å²) in [5.74, 6) is 0.653. The number of rotatable bonds is 2. The van der Waals surface area contributed by atoms with E-state index in [1.807, 2.05) is 13.8 Å². The quantitative estimate of drug-likeness (QED) is 0.840. The van der Waals surface area contributed by atoms with Gasteiger partial charge in [0.1, 0.15) is 0 Å². The third-order valence-corrected chi connectivity index (χ3v) is 5.06. The van der Waals surface area contributed by atoms with Crippen molar-refractivity contribution in [3.8, 4) is 0 Å². The van der Waals surface area contributed by atoms with E-state index < -0.39 is 18.8 Å². The van der Waals surface area contributed by atoms with Crippen LogP contribution in [0.5, 0.6) is 0 Å². The maximum absolute atomic E-state index is 12.2. The molecule has 1 amide bonds. The second-order valence-corrected chi connectivity index (χ2v) is 6.58. The Morgan fingerprint density at radius 1 is 1.44 bits per heavy atom. The Morgan fingerprint density at radius 3 is 2.72 bits per heavy atom. The molecule has 1 N–H and O–H groups in total. The van der Waals surface area contributed by atoms with Crippen molar-refractivity contribution in [3.63, 3.8) is 0 Å². The Morgan fingerprint density at radius 2 is 2.11 bits per heavy atom. The molecule has 2 aliphatic heterocycles. The number of carbonyl (C=O) groups excluding carboxylic acids is 1. The highest BCUT2D eigenvalue weighted by molar-refractivity contribution is 8.00. The van der Waals surface area contributed by atoms with Crippen LogP contribution in [0, 0.1) is 0 Å². The molecule has 0 aliphatic carbocycles.